The first-order valence-electron chi connectivity index (χ1n) is 34.9. The second-order valence-corrected chi connectivity index (χ2v) is 25.0. The van der Waals surface area contributed by atoms with Gasteiger partial charge in [0, 0.05) is 111 Å². The van der Waals surface area contributed by atoms with Crippen LogP contribution < -0.4 is 28.4 Å². The van der Waals surface area contributed by atoms with Gasteiger partial charge in [-0.15, -0.1) is 0 Å². The Labute approximate surface area is 628 Å². The molecule has 3 heterocycles. The van der Waals surface area contributed by atoms with Gasteiger partial charge >= 0.3 is 0 Å². The predicted octanol–water partition coefficient (Wildman–Crippen LogP) is 18.0. The van der Waals surface area contributed by atoms with Crippen LogP contribution in [-0.2, 0) is 63.5 Å². The number of nitrogens with zero attached hydrogens (tertiary/aromatic N) is 6. The SMILES string of the molecule is COc1cc(CN(CCc2ccccn2)C(=O)/C=C/c2ccccc2Cl)ccc1OCc1ccccc1.COc1cc(CN(CCc2ccccn2)C(=O)c2cccc(F)c2)ccc1OCc1ccccc1.COc1cc(CN(CCc2ccccn2)C(=O)c2ccccc2F)ccc1OCc1ccccc1. The Bertz CT molecular complexity index is 4790. The topological polar surface area (TPSA) is 155 Å². The summed E-state index contributed by atoms with van der Waals surface area (Å²) in [6.07, 6.45) is 10.3. The van der Waals surface area contributed by atoms with Gasteiger partial charge < -0.3 is 43.1 Å². The Balaban J connectivity index is 0.000000172. The van der Waals surface area contributed by atoms with Crippen LogP contribution in [0.2, 0.25) is 5.02 Å². The summed E-state index contributed by atoms with van der Waals surface area (Å²) >= 11 is 6.26. The fraction of sp³-hybridized carbons (Fsp3) is 0.169. The summed E-state index contributed by atoms with van der Waals surface area (Å²) in [5.74, 6) is 1.95. The van der Waals surface area contributed by atoms with Crippen molar-refractivity contribution in [2.75, 3.05) is 41.0 Å². The van der Waals surface area contributed by atoms with Crippen LogP contribution >= 0.6 is 11.6 Å². The molecule has 107 heavy (non-hydrogen) atoms. The van der Waals surface area contributed by atoms with E-state index in [0.717, 1.165) is 56.0 Å². The largest absolute Gasteiger partial charge is 0.493 e. The lowest BCUT2D eigenvalue weighted by atomic mass is 10.1. The summed E-state index contributed by atoms with van der Waals surface area (Å²) in [6.45, 7) is 3.64. The molecule has 9 aromatic carbocycles. The minimum Gasteiger partial charge on any atom is -0.493 e. The molecule has 0 unspecified atom stereocenters. The maximum Gasteiger partial charge on any atom is 0.257 e. The number of methoxy groups -OCH3 is 3. The third-order valence-corrected chi connectivity index (χ3v) is 17.3. The first-order chi connectivity index (χ1) is 52.4. The Morgan fingerprint density at radius 3 is 1.19 bits per heavy atom. The molecule has 0 atom stereocenters. The number of amides is 3. The van der Waals surface area contributed by atoms with Crippen molar-refractivity contribution in [2.24, 2.45) is 0 Å². The summed E-state index contributed by atoms with van der Waals surface area (Å²) in [5, 5.41) is 0.599. The highest BCUT2D eigenvalue weighted by atomic mass is 35.5. The van der Waals surface area contributed by atoms with Crippen molar-refractivity contribution in [2.45, 2.75) is 58.7 Å². The van der Waals surface area contributed by atoms with Crippen LogP contribution in [0.15, 0.2) is 298 Å². The Kier molecular flexibility index (Phi) is 29.7. The molecule has 544 valence electrons. The van der Waals surface area contributed by atoms with E-state index in [1.165, 1.54) is 24.3 Å². The molecule has 0 fully saturated rings. The molecular formula is C89H83ClF2N6O9. The number of pyridine rings is 3. The van der Waals surface area contributed by atoms with Crippen LogP contribution in [0.1, 0.15) is 76.7 Å². The molecule has 0 saturated carbocycles. The molecule has 0 N–H and O–H groups in total. The molecule has 3 amide bonds. The van der Waals surface area contributed by atoms with E-state index in [2.05, 4.69) is 15.0 Å². The minimum absolute atomic E-state index is 0.0447. The summed E-state index contributed by atoms with van der Waals surface area (Å²) in [5.41, 5.74) is 9.65. The van der Waals surface area contributed by atoms with Crippen molar-refractivity contribution < 1.29 is 51.6 Å². The molecule has 0 bridgehead atoms. The summed E-state index contributed by atoms with van der Waals surface area (Å²) in [7, 11) is 4.79. The first kappa shape index (κ1) is 77.2. The van der Waals surface area contributed by atoms with Crippen LogP contribution in [0.25, 0.3) is 6.08 Å². The molecule has 12 rings (SSSR count). The van der Waals surface area contributed by atoms with Gasteiger partial charge in [-0.2, -0.15) is 0 Å². The maximum absolute atomic E-state index is 14.4. The molecule has 0 aliphatic rings. The highest BCUT2D eigenvalue weighted by Crippen LogP contribution is 2.33. The highest BCUT2D eigenvalue weighted by molar-refractivity contribution is 6.32. The first-order valence-corrected chi connectivity index (χ1v) is 35.3. The van der Waals surface area contributed by atoms with Gasteiger partial charge in [0.15, 0.2) is 34.5 Å². The predicted molar refractivity (Wildman–Crippen MR) is 413 cm³/mol. The van der Waals surface area contributed by atoms with Crippen LogP contribution in [0.4, 0.5) is 8.78 Å². The van der Waals surface area contributed by atoms with Gasteiger partial charge in [0.2, 0.25) is 5.91 Å². The van der Waals surface area contributed by atoms with Crippen LogP contribution in [-0.4, -0.2) is 88.3 Å². The molecule has 0 aliphatic carbocycles. The van der Waals surface area contributed by atoms with E-state index in [-0.39, 0.29) is 29.8 Å². The smallest absolute Gasteiger partial charge is 0.257 e. The lowest BCUT2D eigenvalue weighted by Gasteiger charge is -2.24. The summed E-state index contributed by atoms with van der Waals surface area (Å²) in [4.78, 5) is 58.0. The van der Waals surface area contributed by atoms with E-state index in [4.69, 9.17) is 40.0 Å². The molecule has 0 saturated heterocycles. The van der Waals surface area contributed by atoms with Crippen molar-refractivity contribution in [3.63, 3.8) is 0 Å². The van der Waals surface area contributed by atoms with Crippen molar-refractivity contribution in [1.29, 1.82) is 0 Å². The molecular weight excluding hydrogens is 1370 g/mol. The molecule has 15 nitrogen and oxygen atoms in total. The molecule has 0 aliphatic heterocycles. The van der Waals surface area contributed by atoms with E-state index >= 15 is 0 Å². The van der Waals surface area contributed by atoms with Gasteiger partial charge in [-0.05, 0) is 154 Å². The Morgan fingerprint density at radius 1 is 0.383 bits per heavy atom. The van der Waals surface area contributed by atoms with E-state index in [0.29, 0.717) is 117 Å². The number of hydrogen-bond acceptors (Lipinski definition) is 12. The van der Waals surface area contributed by atoms with E-state index in [1.54, 1.807) is 97.1 Å². The zero-order chi connectivity index (χ0) is 74.8. The number of carbonyl (C=O) groups is 3. The van der Waals surface area contributed by atoms with E-state index < -0.39 is 11.6 Å². The van der Waals surface area contributed by atoms with Gasteiger partial charge in [0.25, 0.3) is 11.8 Å². The fourth-order valence-electron chi connectivity index (χ4n) is 11.3. The molecule has 0 radical (unpaired) electrons. The monoisotopic (exact) mass is 1450 g/mol. The third kappa shape index (κ3) is 24.3. The van der Waals surface area contributed by atoms with Crippen LogP contribution in [0.5, 0.6) is 34.5 Å². The summed E-state index contributed by atoms with van der Waals surface area (Å²) < 4.78 is 62.8. The van der Waals surface area contributed by atoms with Crippen LogP contribution in [0.3, 0.4) is 0 Å². The third-order valence-electron chi connectivity index (χ3n) is 17.0. The Morgan fingerprint density at radius 2 is 0.776 bits per heavy atom. The zero-order valence-electron chi connectivity index (χ0n) is 59.8. The molecule has 3 aromatic heterocycles. The van der Waals surface area contributed by atoms with Crippen molar-refractivity contribution >= 4 is 35.4 Å². The average molecular weight is 1450 g/mol. The van der Waals surface area contributed by atoms with Gasteiger partial charge in [-0.3, -0.25) is 29.3 Å². The van der Waals surface area contributed by atoms with E-state index in [1.807, 2.05) is 218 Å². The number of rotatable bonds is 31. The van der Waals surface area contributed by atoms with Gasteiger partial charge in [0.1, 0.15) is 31.5 Å². The van der Waals surface area contributed by atoms with Crippen molar-refractivity contribution in [3.05, 3.63) is 381 Å². The lowest BCUT2D eigenvalue weighted by molar-refractivity contribution is -0.126. The molecule has 0 spiro atoms. The molecule has 18 heteroatoms. The fourth-order valence-corrected chi connectivity index (χ4v) is 11.5. The lowest BCUT2D eigenvalue weighted by Crippen LogP contribution is -2.33. The second-order valence-electron chi connectivity index (χ2n) is 24.5. The second kappa shape index (κ2) is 41.1. The highest BCUT2D eigenvalue weighted by Gasteiger charge is 2.23. The van der Waals surface area contributed by atoms with Crippen LogP contribution in [0, 0.1) is 11.6 Å². The Hall–Kier alpha value is -12.5. The quantitative estimate of drug-likeness (QED) is 0.0380. The van der Waals surface area contributed by atoms with Gasteiger partial charge in [-0.25, -0.2) is 8.78 Å². The number of aromatic nitrogens is 3. The van der Waals surface area contributed by atoms with Gasteiger partial charge in [-0.1, -0.05) is 175 Å². The summed E-state index contributed by atoms with van der Waals surface area (Å²) in [6, 6.07) is 83.1. The average Bonchev–Trinajstić information content (AvgIpc) is 0.829. The zero-order valence-corrected chi connectivity index (χ0v) is 60.6. The minimum atomic E-state index is -0.539. The van der Waals surface area contributed by atoms with Gasteiger partial charge in [0.05, 0.1) is 26.9 Å². The number of halogens is 3. The number of hydrogen-bond donors (Lipinski definition) is 0. The maximum atomic E-state index is 14.4. The number of benzene rings is 9. The normalized spacial score (nSPS) is 10.7. The standard InChI is InChI=1S/C31H29ClN2O3.2C29H27FN2O3/c1-36-30-21-25(14-16-29(30)37-23-24-9-3-2-4-10-24)22-34(20-18-27-12-7-8-19-33-27)31(35)17-15-26-11-5-6-13-28(26)32;1-34-28-19-23(14-15-27(28)35-21-22-9-3-2-4-10-22)20-32(18-16-24-11-7-8-17-31-24)29(33)25-12-5-6-13-26(25)30;1-34-28-18-23(13-14-27(28)35-21-22-8-3-2-4-9-22)20-32(17-15-26-12-5-6-16-31-26)29(33)24-10-7-11-25(30)19-24/h2-17,19,21H,18,20,22-23H2,1H3;2-15,17,19H,16,18,20-21H2,1H3;2-14,16,18-19H,15,17,20-21H2,1H3/b17-15+;;. The number of ether oxygens (including phenoxy) is 6. The van der Waals surface area contributed by atoms with E-state index in [9.17, 15) is 23.2 Å². The number of carbonyl (C=O) groups excluding carboxylic acids is 3. The van der Waals surface area contributed by atoms with Crippen molar-refractivity contribution in [1.82, 2.24) is 29.7 Å². The molecule has 12 aromatic rings. The van der Waals surface area contributed by atoms with Crippen molar-refractivity contribution in [3.8, 4) is 34.5 Å².